The summed E-state index contributed by atoms with van der Waals surface area (Å²) in [6.07, 6.45) is 5.26. The number of hydrogen-bond acceptors (Lipinski definition) is 10. The van der Waals surface area contributed by atoms with Gasteiger partial charge in [0.2, 0.25) is 0 Å². The number of hydrogen-bond donors (Lipinski definition) is 1. The van der Waals surface area contributed by atoms with Gasteiger partial charge in [-0.25, -0.2) is 4.98 Å². The normalized spacial score (nSPS) is 37.4. The van der Waals surface area contributed by atoms with Crippen molar-refractivity contribution < 1.29 is 28.4 Å². The Kier molecular flexibility index (Phi) is 8.58. The van der Waals surface area contributed by atoms with Gasteiger partial charge in [0.05, 0.1) is 51.9 Å². The van der Waals surface area contributed by atoms with Crippen LogP contribution >= 0.6 is 11.3 Å². The minimum atomic E-state index is -1.02. The molecule has 6 aliphatic heterocycles. The molecule has 204 valence electrons. The molecule has 4 bridgehead atoms. The lowest BCUT2D eigenvalue weighted by atomic mass is 9.90. The van der Waals surface area contributed by atoms with Crippen LogP contribution in [-0.4, -0.2) is 74.9 Å². The van der Waals surface area contributed by atoms with E-state index in [1.807, 2.05) is 5.38 Å². The van der Waals surface area contributed by atoms with Crippen LogP contribution in [0, 0.1) is 22.7 Å². The third-order valence-electron chi connectivity index (χ3n) is 6.83. The van der Waals surface area contributed by atoms with E-state index in [0.717, 1.165) is 17.8 Å². The first-order valence-corrected chi connectivity index (χ1v) is 13.9. The lowest BCUT2D eigenvalue weighted by molar-refractivity contribution is -0.472. The van der Waals surface area contributed by atoms with Gasteiger partial charge in [-0.1, -0.05) is 41.5 Å². The van der Waals surface area contributed by atoms with Gasteiger partial charge in [0, 0.05) is 22.4 Å². The average molecular weight is 526 g/mol. The molecule has 0 saturated carbocycles. The summed E-state index contributed by atoms with van der Waals surface area (Å²) < 4.78 is 34.8. The first-order chi connectivity index (χ1) is 17.0. The summed E-state index contributed by atoms with van der Waals surface area (Å²) in [5.74, 6) is -0.998. The second kappa shape index (κ2) is 11.0. The van der Waals surface area contributed by atoms with Crippen molar-refractivity contribution >= 4 is 17.6 Å². The second-order valence-electron chi connectivity index (χ2n) is 12.1. The molecular formula is C26H43N3O6S. The maximum Gasteiger partial charge on any atom is 0.306 e. The van der Waals surface area contributed by atoms with Gasteiger partial charge in [-0.15, -0.1) is 11.3 Å². The first-order valence-electron chi connectivity index (χ1n) is 13.0. The van der Waals surface area contributed by atoms with Crippen LogP contribution in [0.15, 0.2) is 16.6 Å². The van der Waals surface area contributed by atoms with Crippen LogP contribution in [0.1, 0.15) is 59.4 Å². The summed E-state index contributed by atoms with van der Waals surface area (Å²) in [5, 5.41) is 2.82. The van der Waals surface area contributed by atoms with Gasteiger partial charge in [-0.05, 0) is 24.7 Å². The molecule has 10 heteroatoms. The van der Waals surface area contributed by atoms with Crippen molar-refractivity contribution in [2.45, 2.75) is 78.4 Å². The smallest absolute Gasteiger partial charge is 0.306 e. The molecule has 0 spiro atoms. The van der Waals surface area contributed by atoms with E-state index in [1.165, 1.54) is 0 Å². The highest BCUT2D eigenvalue weighted by molar-refractivity contribution is 7.11. The Morgan fingerprint density at radius 2 is 1.33 bits per heavy atom. The second-order valence-corrected chi connectivity index (χ2v) is 13.0. The van der Waals surface area contributed by atoms with Crippen molar-refractivity contribution in [3.63, 3.8) is 0 Å². The van der Waals surface area contributed by atoms with Crippen LogP contribution in [0.4, 0.5) is 0 Å². The fourth-order valence-corrected chi connectivity index (χ4v) is 5.11. The van der Waals surface area contributed by atoms with Crippen molar-refractivity contribution in [3.05, 3.63) is 16.6 Å². The summed E-state index contributed by atoms with van der Waals surface area (Å²) in [5.41, 5.74) is 6.08. The van der Waals surface area contributed by atoms with Crippen molar-refractivity contribution in [1.82, 2.24) is 4.98 Å². The van der Waals surface area contributed by atoms with Crippen LogP contribution in [-0.2, 0) is 28.4 Å². The molecule has 1 aromatic rings. The van der Waals surface area contributed by atoms with Crippen molar-refractivity contribution in [1.29, 1.82) is 0 Å². The number of aliphatic imine (C=N–C) groups is 1. The van der Waals surface area contributed by atoms with Gasteiger partial charge in [0.15, 0.2) is 0 Å². The number of nitrogens with two attached hydrogens (primary N) is 1. The molecule has 2 unspecified atom stereocenters. The Hall–Kier alpha value is -0.980. The minimum absolute atomic E-state index is 0.0132. The third kappa shape index (κ3) is 6.35. The standard InChI is InChI=1S/C15H22N2O3S.C11H21NO3/c1-11(2)6-12(17-7-13-16-4-5-21-13)15-18-8-14(3,9-19-15)10-20-15;1-8(2)4-9(12)11-13-5-10(3,6-14-11)7-15-11/h4-5,7,11-12H,6,8-10H2,1-3H3;8-9H,4-7,12H2,1-3H3. The van der Waals surface area contributed by atoms with Crippen molar-refractivity contribution in [2.75, 3.05) is 39.6 Å². The number of thiazole rings is 1. The fraction of sp³-hybridized carbons (Fsp3) is 0.846. The number of nitrogens with zero attached hydrogens (tertiary/aromatic N) is 2. The summed E-state index contributed by atoms with van der Waals surface area (Å²) >= 11 is 1.56. The van der Waals surface area contributed by atoms with E-state index in [9.17, 15) is 0 Å². The SMILES string of the molecule is CC(C)CC(N)C12OCC(C)(CO1)CO2.CC(C)CC(N=Cc1nccs1)C12OCC(C)(CO1)CO2. The molecule has 0 aliphatic carbocycles. The first kappa shape index (κ1) is 28.0. The summed E-state index contributed by atoms with van der Waals surface area (Å²) in [6.45, 7) is 16.8. The van der Waals surface area contributed by atoms with Crippen molar-refractivity contribution in [3.8, 4) is 0 Å². The van der Waals surface area contributed by atoms with Gasteiger partial charge >= 0.3 is 5.97 Å². The molecule has 2 atom stereocenters. The highest BCUT2D eigenvalue weighted by Gasteiger charge is 2.55. The van der Waals surface area contributed by atoms with Gasteiger partial charge in [0.1, 0.15) is 11.0 Å². The van der Waals surface area contributed by atoms with Crippen LogP contribution < -0.4 is 5.73 Å². The van der Waals surface area contributed by atoms with Crippen LogP contribution in [0.25, 0.3) is 0 Å². The topological polar surface area (TPSA) is 107 Å². The quantitative estimate of drug-likeness (QED) is 0.511. The van der Waals surface area contributed by atoms with Crippen molar-refractivity contribution in [2.24, 2.45) is 33.4 Å². The maximum absolute atomic E-state index is 6.09. The van der Waals surface area contributed by atoms with Gasteiger partial charge in [-0.3, -0.25) is 4.99 Å². The molecule has 0 aromatic carbocycles. The Balaban J connectivity index is 0.000000179. The van der Waals surface area contributed by atoms with E-state index in [-0.39, 0.29) is 22.9 Å². The molecule has 9 nitrogen and oxygen atoms in total. The molecule has 0 amide bonds. The molecule has 0 radical (unpaired) electrons. The summed E-state index contributed by atoms with van der Waals surface area (Å²) in [7, 11) is 0. The zero-order valence-electron chi connectivity index (χ0n) is 22.5. The Morgan fingerprint density at radius 3 is 1.75 bits per heavy atom. The zero-order valence-corrected chi connectivity index (χ0v) is 23.3. The molecule has 6 fully saturated rings. The number of aromatic nitrogens is 1. The highest BCUT2D eigenvalue weighted by Crippen LogP contribution is 2.42. The van der Waals surface area contributed by atoms with Crippen LogP contribution in [0.5, 0.6) is 0 Å². The lowest BCUT2D eigenvalue weighted by Crippen LogP contribution is -2.66. The monoisotopic (exact) mass is 525 g/mol. The lowest BCUT2D eigenvalue weighted by Gasteiger charge is -2.52. The molecule has 6 aliphatic rings. The molecular weight excluding hydrogens is 482 g/mol. The largest absolute Gasteiger partial charge is 0.325 e. The molecule has 7 heterocycles. The minimum Gasteiger partial charge on any atom is -0.325 e. The number of ether oxygens (including phenoxy) is 6. The van der Waals surface area contributed by atoms with E-state index < -0.39 is 11.9 Å². The molecule has 2 N–H and O–H groups in total. The molecule has 36 heavy (non-hydrogen) atoms. The van der Waals surface area contributed by atoms with E-state index >= 15 is 0 Å². The van der Waals surface area contributed by atoms with Gasteiger partial charge in [0.25, 0.3) is 5.97 Å². The molecule has 1 aromatic heterocycles. The van der Waals surface area contributed by atoms with Crippen LogP contribution in [0.3, 0.4) is 0 Å². The summed E-state index contributed by atoms with van der Waals surface area (Å²) in [4.78, 5) is 8.90. The van der Waals surface area contributed by atoms with Crippen LogP contribution in [0.2, 0.25) is 0 Å². The molecule has 6 saturated heterocycles. The van der Waals surface area contributed by atoms with E-state index in [1.54, 1.807) is 23.7 Å². The predicted octanol–water partition coefficient (Wildman–Crippen LogP) is 3.81. The number of rotatable bonds is 8. The average Bonchev–Trinajstić information content (AvgIpc) is 3.37. The summed E-state index contributed by atoms with van der Waals surface area (Å²) in [6, 6.07) is -0.381. The maximum atomic E-state index is 6.09. The third-order valence-corrected chi connectivity index (χ3v) is 7.54. The van der Waals surface area contributed by atoms with Gasteiger partial charge < -0.3 is 34.2 Å². The van der Waals surface area contributed by atoms with Gasteiger partial charge in [-0.2, -0.15) is 0 Å². The Bertz CT molecular complexity index is 828. The highest BCUT2D eigenvalue weighted by atomic mass is 32.1. The molecule has 7 rings (SSSR count). The van der Waals surface area contributed by atoms with E-state index in [0.29, 0.717) is 51.5 Å². The number of fused-ring (bicyclic) bond motifs is 6. The zero-order chi connectivity index (χ0) is 26.0. The Morgan fingerprint density at radius 1 is 0.861 bits per heavy atom. The fourth-order valence-electron chi connectivity index (χ4n) is 4.61. The van der Waals surface area contributed by atoms with E-state index in [4.69, 9.17) is 34.2 Å². The predicted molar refractivity (Wildman–Crippen MR) is 138 cm³/mol. The Labute approximate surface area is 219 Å². The van der Waals surface area contributed by atoms with E-state index in [2.05, 4.69) is 51.5 Å².